The van der Waals surface area contributed by atoms with Gasteiger partial charge in [0.05, 0.1) is 11.0 Å². The zero-order chi connectivity index (χ0) is 28.3. The third kappa shape index (κ3) is 7.80. The summed E-state index contributed by atoms with van der Waals surface area (Å²) in [6, 6.07) is 17.9. The summed E-state index contributed by atoms with van der Waals surface area (Å²) < 4.78 is 2.43. The van der Waals surface area contributed by atoms with Gasteiger partial charge in [-0.2, -0.15) is 0 Å². The molecule has 4 rings (SSSR count). The minimum absolute atomic E-state index is 0.277. The highest BCUT2D eigenvalue weighted by Gasteiger charge is 2.19. The molecule has 0 aliphatic carbocycles. The SMILES string of the molecule is CCCCc1nc2c(NC(C)C)nc3ccccc3c2n1Cc1ccc(CN(CCCCN)CCCCN)cc1. The Balaban J connectivity index is 1.63. The van der Waals surface area contributed by atoms with Crippen LogP contribution >= 0.6 is 0 Å². The molecule has 2 heterocycles. The first kappa shape index (κ1) is 30.0. The molecule has 0 spiro atoms. The first-order valence-electron chi connectivity index (χ1n) is 15.3. The number of rotatable bonds is 17. The second-order valence-electron chi connectivity index (χ2n) is 11.3. The summed E-state index contributed by atoms with van der Waals surface area (Å²) in [6.07, 6.45) is 7.64. The Hall–Kier alpha value is -3.00. The van der Waals surface area contributed by atoms with Crippen LogP contribution in [0.2, 0.25) is 0 Å². The molecule has 0 fully saturated rings. The number of fused-ring (bicyclic) bond motifs is 3. The van der Waals surface area contributed by atoms with Crippen molar-refractivity contribution in [3.63, 3.8) is 0 Å². The molecule has 0 aliphatic rings. The van der Waals surface area contributed by atoms with Gasteiger partial charge in [0.15, 0.2) is 5.82 Å². The van der Waals surface area contributed by atoms with E-state index in [1.54, 1.807) is 0 Å². The van der Waals surface area contributed by atoms with Crippen LogP contribution in [0, 0.1) is 0 Å². The zero-order valence-electron chi connectivity index (χ0n) is 24.8. The van der Waals surface area contributed by atoms with Gasteiger partial charge in [-0.05, 0) is 89.3 Å². The van der Waals surface area contributed by atoms with Crippen molar-refractivity contribution in [1.29, 1.82) is 0 Å². The summed E-state index contributed by atoms with van der Waals surface area (Å²) in [5.41, 5.74) is 17.3. The van der Waals surface area contributed by atoms with Crippen molar-refractivity contribution in [3.05, 3.63) is 65.5 Å². The monoisotopic (exact) mass is 543 g/mol. The highest BCUT2D eigenvalue weighted by atomic mass is 15.1. The van der Waals surface area contributed by atoms with Gasteiger partial charge in [0.1, 0.15) is 11.3 Å². The third-order valence-corrected chi connectivity index (χ3v) is 7.47. The largest absolute Gasteiger partial charge is 0.366 e. The van der Waals surface area contributed by atoms with Crippen LogP contribution in [0.15, 0.2) is 48.5 Å². The first-order valence-corrected chi connectivity index (χ1v) is 15.3. The second-order valence-corrected chi connectivity index (χ2v) is 11.3. The van der Waals surface area contributed by atoms with Crippen molar-refractivity contribution in [2.45, 2.75) is 84.8 Å². The van der Waals surface area contributed by atoms with Gasteiger partial charge in [-0.25, -0.2) is 9.97 Å². The maximum absolute atomic E-state index is 5.74. The van der Waals surface area contributed by atoms with E-state index in [2.05, 4.69) is 84.1 Å². The number of unbranched alkanes of at least 4 members (excludes halogenated alkanes) is 3. The molecule has 0 atom stereocenters. The number of hydrogen-bond donors (Lipinski definition) is 3. The molecular formula is C33H49N7. The summed E-state index contributed by atoms with van der Waals surface area (Å²) in [4.78, 5) is 12.7. The number of benzene rings is 2. The lowest BCUT2D eigenvalue weighted by Crippen LogP contribution is -2.26. The summed E-state index contributed by atoms with van der Waals surface area (Å²) in [6.45, 7) is 12.0. The smallest absolute Gasteiger partial charge is 0.155 e. The molecule has 7 nitrogen and oxygen atoms in total. The average molecular weight is 544 g/mol. The van der Waals surface area contributed by atoms with E-state index in [4.69, 9.17) is 21.4 Å². The predicted octanol–water partition coefficient (Wildman–Crippen LogP) is 6.08. The zero-order valence-corrected chi connectivity index (χ0v) is 24.8. The molecule has 0 radical (unpaired) electrons. The van der Waals surface area contributed by atoms with Crippen molar-refractivity contribution in [2.24, 2.45) is 11.5 Å². The quantitative estimate of drug-likeness (QED) is 0.140. The molecule has 0 amide bonds. The molecule has 216 valence electrons. The number of anilines is 1. The Morgan fingerprint density at radius 2 is 1.52 bits per heavy atom. The normalized spacial score (nSPS) is 11.9. The minimum Gasteiger partial charge on any atom is -0.366 e. The molecule has 0 saturated carbocycles. The summed E-state index contributed by atoms with van der Waals surface area (Å²) >= 11 is 0. The number of hydrogen-bond acceptors (Lipinski definition) is 6. The van der Waals surface area contributed by atoms with E-state index in [0.29, 0.717) is 0 Å². The first-order chi connectivity index (χ1) is 19.5. The molecule has 0 saturated heterocycles. The van der Waals surface area contributed by atoms with Gasteiger partial charge in [-0.15, -0.1) is 0 Å². The van der Waals surface area contributed by atoms with Crippen LogP contribution in [-0.4, -0.2) is 51.7 Å². The summed E-state index contributed by atoms with van der Waals surface area (Å²) in [5, 5.41) is 4.71. The lowest BCUT2D eigenvalue weighted by molar-refractivity contribution is 0.255. The van der Waals surface area contributed by atoms with Crippen molar-refractivity contribution >= 4 is 27.8 Å². The third-order valence-electron chi connectivity index (χ3n) is 7.47. The van der Waals surface area contributed by atoms with E-state index >= 15 is 0 Å². The molecule has 2 aromatic carbocycles. The van der Waals surface area contributed by atoms with Gasteiger partial charge in [0.25, 0.3) is 0 Å². The molecule has 7 heteroatoms. The fraction of sp³-hybridized carbons (Fsp3) is 0.515. The number of nitrogens with one attached hydrogen (secondary N) is 1. The van der Waals surface area contributed by atoms with Gasteiger partial charge >= 0.3 is 0 Å². The van der Waals surface area contributed by atoms with Crippen LogP contribution < -0.4 is 16.8 Å². The van der Waals surface area contributed by atoms with Crippen LogP contribution in [0.25, 0.3) is 21.9 Å². The van der Waals surface area contributed by atoms with E-state index in [-0.39, 0.29) is 6.04 Å². The van der Waals surface area contributed by atoms with Crippen molar-refractivity contribution in [3.8, 4) is 0 Å². The predicted molar refractivity (Wildman–Crippen MR) is 170 cm³/mol. The van der Waals surface area contributed by atoms with Crippen LogP contribution in [0.5, 0.6) is 0 Å². The number of nitrogens with two attached hydrogens (primary N) is 2. The van der Waals surface area contributed by atoms with Crippen molar-refractivity contribution in [1.82, 2.24) is 19.4 Å². The van der Waals surface area contributed by atoms with E-state index in [1.807, 2.05) is 0 Å². The number of imidazole rings is 1. The lowest BCUT2D eigenvalue weighted by Gasteiger charge is -2.22. The standard InChI is InChI=1S/C33H49N7/c1-4-5-14-30-38-31-32(28-12-6-7-13-29(28)37-33(31)36-25(2)3)40(30)24-27-17-15-26(16-18-27)23-39(21-10-8-19-34)22-11-9-20-35/h6-7,12-13,15-18,25H,4-5,8-11,14,19-24,34-35H2,1-3H3,(H,36,37). The molecule has 0 unspecified atom stereocenters. The van der Waals surface area contributed by atoms with Crippen molar-refractivity contribution in [2.75, 3.05) is 31.5 Å². The molecular weight excluding hydrogens is 494 g/mol. The van der Waals surface area contributed by atoms with Crippen LogP contribution in [-0.2, 0) is 19.5 Å². The number of nitrogens with zero attached hydrogens (tertiary/aromatic N) is 4. The Morgan fingerprint density at radius 1 is 0.850 bits per heavy atom. The van der Waals surface area contributed by atoms with Crippen LogP contribution in [0.4, 0.5) is 5.82 Å². The maximum atomic E-state index is 5.74. The van der Waals surface area contributed by atoms with E-state index in [9.17, 15) is 0 Å². The van der Waals surface area contributed by atoms with Gasteiger partial charge in [0.2, 0.25) is 0 Å². The molecule has 0 aliphatic heterocycles. The Bertz CT molecular complexity index is 1320. The van der Waals surface area contributed by atoms with Gasteiger partial charge in [-0.3, -0.25) is 4.90 Å². The van der Waals surface area contributed by atoms with Gasteiger partial charge < -0.3 is 21.4 Å². The number of aromatic nitrogens is 3. The highest BCUT2D eigenvalue weighted by Crippen LogP contribution is 2.31. The van der Waals surface area contributed by atoms with Crippen LogP contribution in [0.1, 0.15) is 76.2 Å². The second kappa shape index (κ2) is 15.1. The number of pyridine rings is 1. The molecule has 40 heavy (non-hydrogen) atoms. The van der Waals surface area contributed by atoms with Gasteiger partial charge in [0, 0.05) is 30.9 Å². The molecule has 0 bridgehead atoms. The summed E-state index contributed by atoms with van der Waals surface area (Å²) in [7, 11) is 0. The maximum Gasteiger partial charge on any atom is 0.155 e. The van der Waals surface area contributed by atoms with E-state index in [0.717, 1.165) is 112 Å². The molecule has 4 aromatic rings. The molecule has 5 N–H and O–H groups in total. The topological polar surface area (TPSA) is 98.0 Å². The Morgan fingerprint density at radius 3 is 2.17 bits per heavy atom. The fourth-order valence-electron chi connectivity index (χ4n) is 5.37. The van der Waals surface area contributed by atoms with Gasteiger partial charge in [-0.1, -0.05) is 55.8 Å². The highest BCUT2D eigenvalue weighted by molar-refractivity contribution is 6.07. The Kier molecular flexibility index (Phi) is 11.3. The summed E-state index contributed by atoms with van der Waals surface area (Å²) in [5.74, 6) is 2.01. The fourth-order valence-corrected chi connectivity index (χ4v) is 5.37. The van der Waals surface area contributed by atoms with Crippen LogP contribution in [0.3, 0.4) is 0 Å². The van der Waals surface area contributed by atoms with E-state index in [1.165, 1.54) is 16.6 Å². The Labute approximate surface area is 240 Å². The number of aryl methyl sites for hydroxylation is 1. The molecule has 2 aromatic heterocycles. The van der Waals surface area contributed by atoms with Crippen molar-refractivity contribution < 1.29 is 0 Å². The van der Waals surface area contributed by atoms with E-state index < -0.39 is 0 Å². The average Bonchev–Trinajstić information content (AvgIpc) is 3.31. The lowest BCUT2D eigenvalue weighted by atomic mass is 10.1. The minimum atomic E-state index is 0.277. The number of para-hydroxylation sites is 1.